The van der Waals surface area contributed by atoms with Crippen LogP contribution in [-0.2, 0) is 10.0 Å². The quantitative estimate of drug-likeness (QED) is 0.824. The maximum atomic E-state index is 14.4. The largest absolute Gasteiger partial charge is 0.319 e. The Morgan fingerprint density at radius 3 is 2.32 bits per heavy atom. The van der Waals surface area contributed by atoms with Crippen LogP contribution in [0.2, 0.25) is 0 Å². The minimum atomic E-state index is -3.83. The first-order valence-electron chi connectivity index (χ1n) is 8.91. The van der Waals surface area contributed by atoms with Crippen molar-refractivity contribution in [3.05, 3.63) is 59.7 Å². The van der Waals surface area contributed by atoms with Gasteiger partial charge in [-0.1, -0.05) is 19.1 Å². The monoisotopic (exact) mass is 409 g/mol. The van der Waals surface area contributed by atoms with Gasteiger partial charge >= 0.3 is 0 Å². The Kier molecular flexibility index (Phi) is 6.07. The number of nitrogens with one attached hydrogen (secondary N) is 1. The van der Waals surface area contributed by atoms with Gasteiger partial charge in [-0.05, 0) is 36.9 Å². The van der Waals surface area contributed by atoms with E-state index >= 15 is 0 Å². The van der Waals surface area contributed by atoms with Crippen LogP contribution in [0, 0.1) is 11.6 Å². The fraction of sp³-hybridized carbons (Fsp3) is 0.316. The molecule has 1 heterocycles. The van der Waals surface area contributed by atoms with E-state index in [2.05, 4.69) is 10.2 Å². The number of sulfonamides is 1. The summed E-state index contributed by atoms with van der Waals surface area (Å²) in [7, 11) is -3.83. The fourth-order valence-corrected chi connectivity index (χ4v) is 4.46. The van der Waals surface area contributed by atoms with Gasteiger partial charge in [0.05, 0.1) is 16.1 Å². The molecule has 2 aromatic rings. The number of likely N-dealkylation sites (N-methyl/N-ethyl adjacent to an activating group) is 1. The molecule has 2 aromatic carbocycles. The standard InChI is InChI=1S/C19H21F2N3O3S/c1-2-23-9-11-24(12-10-23)28(26,27)14-7-8-18(17(21)13-14)22-19(25)15-5-3-4-6-16(15)20/h3-8,13H,2,9-12H2,1H3,(H,22,25). The summed E-state index contributed by atoms with van der Waals surface area (Å²) >= 11 is 0. The average Bonchev–Trinajstić information content (AvgIpc) is 2.69. The highest BCUT2D eigenvalue weighted by Crippen LogP contribution is 2.23. The summed E-state index contributed by atoms with van der Waals surface area (Å²) in [5, 5.41) is 2.27. The molecule has 1 amide bonds. The van der Waals surface area contributed by atoms with Crippen LogP contribution in [-0.4, -0.2) is 56.3 Å². The van der Waals surface area contributed by atoms with Gasteiger partial charge in [0.25, 0.3) is 5.91 Å². The number of hydrogen-bond acceptors (Lipinski definition) is 4. The maximum Gasteiger partial charge on any atom is 0.258 e. The molecule has 0 spiro atoms. The highest BCUT2D eigenvalue weighted by Gasteiger charge is 2.28. The third-order valence-electron chi connectivity index (χ3n) is 4.72. The zero-order chi connectivity index (χ0) is 20.3. The maximum absolute atomic E-state index is 14.4. The number of hydrogen-bond donors (Lipinski definition) is 1. The second-order valence-electron chi connectivity index (χ2n) is 6.41. The van der Waals surface area contributed by atoms with Crippen LogP contribution in [0.4, 0.5) is 14.5 Å². The van der Waals surface area contributed by atoms with Gasteiger partial charge in [0, 0.05) is 26.2 Å². The molecule has 3 rings (SSSR count). The Labute approximate surface area is 162 Å². The molecule has 0 radical (unpaired) electrons. The molecule has 0 aromatic heterocycles. The topological polar surface area (TPSA) is 69.7 Å². The van der Waals surface area contributed by atoms with E-state index in [1.54, 1.807) is 0 Å². The number of piperazine rings is 1. The van der Waals surface area contributed by atoms with Crippen molar-refractivity contribution in [3.63, 3.8) is 0 Å². The first kappa shape index (κ1) is 20.4. The van der Waals surface area contributed by atoms with Crippen molar-refractivity contribution in [2.24, 2.45) is 0 Å². The van der Waals surface area contributed by atoms with Gasteiger partial charge in [-0.3, -0.25) is 4.79 Å². The summed E-state index contributed by atoms with van der Waals surface area (Å²) in [6, 6.07) is 8.61. The van der Waals surface area contributed by atoms with E-state index in [0.717, 1.165) is 18.7 Å². The van der Waals surface area contributed by atoms with Crippen LogP contribution < -0.4 is 5.32 Å². The summed E-state index contributed by atoms with van der Waals surface area (Å²) in [4.78, 5) is 14.1. The molecule has 9 heteroatoms. The molecule has 1 aliphatic heterocycles. The van der Waals surface area contributed by atoms with E-state index in [9.17, 15) is 22.0 Å². The molecule has 1 aliphatic rings. The SMILES string of the molecule is CCN1CCN(S(=O)(=O)c2ccc(NC(=O)c3ccccc3F)c(F)c2)CC1. The number of nitrogens with zero attached hydrogens (tertiary/aromatic N) is 2. The van der Waals surface area contributed by atoms with Crippen LogP contribution in [0.5, 0.6) is 0 Å². The molecule has 1 fully saturated rings. The van der Waals surface area contributed by atoms with Gasteiger partial charge in [-0.15, -0.1) is 0 Å². The second-order valence-corrected chi connectivity index (χ2v) is 8.35. The number of halogens is 2. The Morgan fingerprint density at radius 2 is 1.71 bits per heavy atom. The molecule has 0 saturated carbocycles. The molecule has 6 nitrogen and oxygen atoms in total. The highest BCUT2D eigenvalue weighted by molar-refractivity contribution is 7.89. The van der Waals surface area contributed by atoms with Crippen molar-refractivity contribution in [3.8, 4) is 0 Å². The minimum Gasteiger partial charge on any atom is -0.319 e. The third-order valence-corrected chi connectivity index (χ3v) is 6.62. The molecule has 28 heavy (non-hydrogen) atoms. The number of rotatable bonds is 5. The first-order chi connectivity index (χ1) is 13.3. The predicted octanol–water partition coefficient (Wildman–Crippen LogP) is 2.54. The highest BCUT2D eigenvalue weighted by atomic mass is 32.2. The number of amides is 1. The Balaban J connectivity index is 1.77. The van der Waals surface area contributed by atoms with Crippen LogP contribution in [0.1, 0.15) is 17.3 Å². The van der Waals surface area contributed by atoms with Gasteiger partial charge in [0.2, 0.25) is 10.0 Å². The minimum absolute atomic E-state index is 0.182. The lowest BCUT2D eigenvalue weighted by Gasteiger charge is -2.33. The Morgan fingerprint density at radius 1 is 1.04 bits per heavy atom. The third kappa shape index (κ3) is 4.21. The number of carbonyl (C=O) groups is 1. The molecule has 1 saturated heterocycles. The van der Waals surface area contributed by atoms with Gasteiger partial charge in [0.1, 0.15) is 11.6 Å². The molecule has 0 bridgehead atoms. The molecule has 0 atom stereocenters. The molecule has 150 valence electrons. The van der Waals surface area contributed by atoms with E-state index in [4.69, 9.17) is 0 Å². The van der Waals surface area contributed by atoms with Gasteiger partial charge in [-0.2, -0.15) is 4.31 Å². The van der Waals surface area contributed by atoms with Gasteiger partial charge in [0.15, 0.2) is 0 Å². The lowest BCUT2D eigenvalue weighted by atomic mass is 10.2. The Hall–Kier alpha value is -2.36. The molecular weight excluding hydrogens is 388 g/mol. The molecule has 0 unspecified atom stereocenters. The zero-order valence-corrected chi connectivity index (χ0v) is 16.2. The lowest BCUT2D eigenvalue weighted by Crippen LogP contribution is -2.48. The van der Waals surface area contributed by atoms with Gasteiger partial charge < -0.3 is 10.2 Å². The zero-order valence-electron chi connectivity index (χ0n) is 15.4. The summed E-state index contributed by atoms with van der Waals surface area (Å²) in [5.74, 6) is -2.45. The first-order valence-corrected chi connectivity index (χ1v) is 10.3. The predicted molar refractivity (Wildman–Crippen MR) is 102 cm³/mol. The lowest BCUT2D eigenvalue weighted by molar-refractivity contribution is 0.102. The van der Waals surface area contributed by atoms with E-state index in [-0.39, 0.29) is 16.1 Å². The fourth-order valence-electron chi connectivity index (χ4n) is 3.03. The smallest absolute Gasteiger partial charge is 0.258 e. The van der Waals surface area contributed by atoms with E-state index in [1.165, 1.54) is 34.6 Å². The summed E-state index contributed by atoms with van der Waals surface area (Å²) in [6.45, 7) is 4.77. The number of anilines is 1. The van der Waals surface area contributed by atoms with Crippen molar-refractivity contribution >= 4 is 21.6 Å². The van der Waals surface area contributed by atoms with Crippen molar-refractivity contribution in [1.29, 1.82) is 0 Å². The Bertz CT molecular complexity index is 974. The van der Waals surface area contributed by atoms with Crippen LogP contribution >= 0.6 is 0 Å². The van der Waals surface area contributed by atoms with E-state index < -0.39 is 27.6 Å². The van der Waals surface area contributed by atoms with E-state index in [1.807, 2.05) is 6.92 Å². The van der Waals surface area contributed by atoms with Crippen molar-refractivity contribution in [1.82, 2.24) is 9.21 Å². The van der Waals surface area contributed by atoms with Crippen LogP contribution in [0.25, 0.3) is 0 Å². The summed E-state index contributed by atoms with van der Waals surface area (Å²) in [6.07, 6.45) is 0. The van der Waals surface area contributed by atoms with E-state index in [0.29, 0.717) is 26.2 Å². The summed E-state index contributed by atoms with van der Waals surface area (Å²) in [5.41, 5.74) is -0.449. The average molecular weight is 409 g/mol. The van der Waals surface area contributed by atoms with Crippen molar-refractivity contribution in [2.45, 2.75) is 11.8 Å². The number of carbonyl (C=O) groups excluding carboxylic acids is 1. The van der Waals surface area contributed by atoms with Crippen molar-refractivity contribution in [2.75, 3.05) is 38.0 Å². The van der Waals surface area contributed by atoms with Crippen LogP contribution in [0.15, 0.2) is 47.4 Å². The molecular formula is C19H21F2N3O3S. The second kappa shape index (κ2) is 8.34. The molecule has 0 aliphatic carbocycles. The van der Waals surface area contributed by atoms with Crippen molar-refractivity contribution < 1.29 is 22.0 Å². The summed E-state index contributed by atoms with van der Waals surface area (Å²) < 4.78 is 54.9. The molecule has 1 N–H and O–H groups in total. The number of benzene rings is 2. The van der Waals surface area contributed by atoms with Gasteiger partial charge in [-0.25, -0.2) is 17.2 Å². The normalized spacial score (nSPS) is 16.1. The van der Waals surface area contributed by atoms with Crippen LogP contribution in [0.3, 0.4) is 0 Å².